The Bertz CT molecular complexity index is 994. The van der Waals surface area contributed by atoms with Gasteiger partial charge in [0, 0.05) is 20.1 Å². The van der Waals surface area contributed by atoms with Gasteiger partial charge in [-0.1, -0.05) is 42.5 Å². The predicted octanol–water partition coefficient (Wildman–Crippen LogP) is 1.66. The highest BCUT2D eigenvalue weighted by Gasteiger charge is 2.28. The molecule has 9 heteroatoms. The van der Waals surface area contributed by atoms with Crippen molar-refractivity contribution in [2.75, 3.05) is 33.5 Å². The average molecular weight is 462 g/mol. The monoisotopic (exact) mass is 461 g/mol. The molecule has 2 aromatic carbocycles. The van der Waals surface area contributed by atoms with Gasteiger partial charge in [-0.2, -0.15) is 4.31 Å². The third-order valence-corrected chi connectivity index (χ3v) is 6.42. The van der Waals surface area contributed by atoms with Crippen molar-refractivity contribution in [3.8, 4) is 5.75 Å². The lowest BCUT2D eigenvalue weighted by Crippen LogP contribution is -2.50. The number of rotatable bonds is 11. The molecule has 0 heterocycles. The van der Waals surface area contributed by atoms with Gasteiger partial charge in [0.05, 0.1) is 19.9 Å². The first-order valence-corrected chi connectivity index (χ1v) is 12.1. The lowest BCUT2D eigenvalue weighted by atomic mass is 10.1. The van der Waals surface area contributed by atoms with Crippen molar-refractivity contribution < 1.29 is 22.7 Å². The topological polar surface area (TPSA) is 96.0 Å². The fourth-order valence-electron chi connectivity index (χ4n) is 3.03. The molecule has 8 nitrogen and oxygen atoms in total. The van der Waals surface area contributed by atoms with Gasteiger partial charge < -0.3 is 15.0 Å². The van der Waals surface area contributed by atoms with Crippen LogP contribution in [0.1, 0.15) is 18.1 Å². The molecule has 0 aliphatic rings. The van der Waals surface area contributed by atoms with E-state index in [9.17, 15) is 18.0 Å². The summed E-state index contributed by atoms with van der Waals surface area (Å²) < 4.78 is 29.6. The summed E-state index contributed by atoms with van der Waals surface area (Å²) in [4.78, 5) is 27.2. The molecule has 32 heavy (non-hydrogen) atoms. The number of benzene rings is 2. The van der Waals surface area contributed by atoms with Crippen LogP contribution >= 0.6 is 0 Å². The van der Waals surface area contributed by atoms with Gasteiger partial charge in [-0.3, -0.25) is 9.59 Å². The zero-order chi connectivity index (χ0) is 23.7. The van der Waals surface area contributed by atoms with Crippen molar-refractivity contribution in [3.05, 3.63) is 65.7 Å². The van der Waals surface area contributed by atoms with Crippen molar-refractivity contribution in [2.24, 2.45) is 0 Å². The fraction of sp³-hybridized carbons (Fsp3) is 0.391. The van der Waals surface area contributed by atoms with Gasteiger partial charge in [-0.15, -0.1) is 0 Å². The highest BCUT2D eigenvalue weighted by Crippen LogP contribution is 2.15. The van der Waals surface area contributed by atoms with E-state index in [2.05, 4.69) is 5.32 Å². The Labute approximate surface area is 190 Å². The second-order valence-corrected chi connectivity index (χ2v) is 9.68. The van der Waals surface area contributed by atoms with Crippen LogP contribution in [0.2, 0.25) is 0 Å². The standard InChI is InChI=1S/C23H31N3O5S/c1-18(23(28)24-15-14-19-8-6-5-7-9-19)26(22(27)17-25(2)32(4,29)30)16-20-10-12-21(31-3)13-11-20/h5-13,18H,14-17H2,1-4H3,(H,24,28)/t18-/m0/s1. The normalized spacial score (nSPS) is 12.3. The number of methoxy groups -OCH3 is 1. The molecule has 0 bridgehead atoms. The maximum atomic E-state index is 13.0. The number of carbonyl (C=O) groups is 2. The zero-order valence-electron chi connectivity index (χ0n) is 18.9. The first kappa shape index (κ1) is 25.4. The molecule has 0 aliphatic carbocycles. The predicted molar refractivity (Wildman–Crippen MR) is 124 cm³/mol. The molecule has 2 aromatic rings. The third kappa shape index (κ3) is 7.65. The minimum Gasteiger partial charge on any atom is -0.497 e. The molecular formula is C23H31N3O5S. The zero-order valence-corrected chi connectivity index (χ0v) is 19.8. The molecule has 1 N–H and O–H groups in total. The van der Waals surface area contributed by atoms with Crippen LogP contribution in [0, 0.1) is 0 Å². The van der Waals surface area contributed by atoms with Crippen molar-refractivity contribution >= 4 is 21.8 Å². The smallest absolute Gasteiger partial charge is 0.242 e. The lowest BCUT2D eigenvalue weighted by Gasteiger charge is -2.30. The van der Waals surface area contributed by atoms with Crippen LogP contribution in [0.15, 0.2) is 54.6 Å². The summed E-state index contributed by atoms with van der Waals surface area (Å²) >= 11 is 0. The van der Waals surface area contributed by atoms with Gasteiger partial charge in [-0.25, -0.2) is 8.42 Å². The Morgan fingerprint density at radius 1 is 1.03 bits per heavy atom. The van der Waals surface area contributed by atoms with Crippen LogP contribution in [0.3, 0.4) is 0 Å². The molecule has 0 aliphatic heterocycles. The molecule has 1 atom stereocenters. The van der Waals surface area contributed by atoms with E-state index in [4.69, 9.17) is 4.74 Å². The van der Waals surface area contributed by atoms with Gasteiger partial charge in [0.2, 0.25) is 21.8 Å². The maximum Gasteiger partial charge on any atom is 0.242 e. The molecule has 0 spiro atoms. The van der Waals surface area contributed by atoms with Gasteiger partial charge in [0.15, 0.2) is 0 Å². The summed E-state index contributed by atoms with van der Waals surface area (Å²) in [5, 5.41) is 2.87. The van der Waals surface area contributed by atoms with Crippen LogP contribution in [-0.2, 0) is 32.6 Å². The van der Waals surface area contributed by atoms with Crippen molar-refractivity contribution in [1.82, 2.24) is 14.5 Å². The molecule has 0 fully saturated rings. The fourth-order valence-corrected chi connectivity index (χ4v) is 3.38. The quantitative estimate of drug-likeness (QED) is 0.549. The Kier molecular flexibility index (Phi) is 9.22. The van der Waals surface area contributed by atoms with Gasteiger partial charge in [0.1, 0.15) is 11.8 Å². The summed E-state index contributed by atoms with van der Waals surface area (Å²) in [5.74, 6) is -0.0839. The molecule has 0 radical (unpaired) electrons. The van der Waals surface area contributed by atoms with E-state index in [0.717, 1.165) is 21.7 Å². The molecule has 0 saturated carbocycles. The number of nitrogens with zero attached hydrogens (tertiary/aromatic N) is 2. The van der Waals surface area contributed by atoms with Crippen LogP contribution in [0.5, 0.6) is 5.75 Å². The number of nitrogens with one attached hydrogen (secondary N) is 1. The van der Waals surface area contributed by atoms with Crippen LogP contribution < -0.4 is 10.1 Å². The number of sulfonamides is 1. The van der Waals surface area contributed by atoms with E-state index >= 15 is 0 Å². The SMILES string of the molecule is COc1ccc(CN(C(=O)CN(C)S(C)(=O)=O)[C@@H](C)C(=O)NCCc2ccccc2)cc1. The number of hydrogen-bond acceptors (Lipinski definition) is 5. The number of ether oxygens (including phenoxy) is 1. The second kappa shape index (κ2) is 11.6. The number of hydrogen-bond donors (Lipinski definition) is 1. The molecule has 0 unspecified atom stereocenters. The van der Waals surface area contributed by atoms with Gasteiger partial charge in [0.25, 0.3) is 0 Å². The Morgan fingerprint density at radius 2 is 1.66 bits per heavy atom. The minimum absolute atomic E-state index is 0.160. The highest BCUT2D eigenvalue weighted by molar-refractivity contribution is 7.88. The summed E-state index contributed by atoms with van der Waals surface area (Å²) in [7, 11) is -0.635. The first-order valence-electron chi connectivity index (χ1n) is 10.3. The third-order valence-electron chi connectivity index (χ3n) is 5.16. The summed E-state index contributed by atoms with van der Waals surface area (Å²) in [6.07, 6.45) is 1.70. The second-order valence-electron chi connectivity index (χ2n) is 7.59. The molecule has 0 aromatic heterocycles. The van der Waals surface area contributed by atoms with E-state index < -0.39 is 22.0 Å². The molecule has 2 amide bonds. The van der Waals surface area contributed by atoms with Gasteiger partial charge in [-0.05, 0) is 36.6 Å². The Morgan fingerprint density at radius 3 is 2.22 bits per heavy atom. The summed E-state index contributed by atoms with van der Waals surface area (Å²) in [6, 6.07) is 16.1. The number of carbonyl (C=O) groups excluding carboxylic acids is 2. The van der Waals surface area contributed by atoms with Crippen LogP contribution in [0.25, 0.3) is 0 Å². The molecular weight excluding hydrogens is 430 g/mol. The van der Waals surface area contributed by atoms with E-state index in [1.165, 1.54) is 11.9 Å². The van der Waals surface area contributed by atoms with E-state index in [0.29, 0.717) is 18.7 Å². The number of amides is 2. The summed E-state index contributed by atoms with van der Waals surface area (Å²) in [5.41, 5.74) is 1.89. The van der Waals surface area contributed by atoms with E-state index in [-0.39, 0.29) is 19.0 Å². The van der Waals surface area contributed by atoms with Crippen LogP contribution in [0.4, 0.5) is 0 Å². The van der Waals surface area contributed by atoms with Crippen LogP contribution in [-0.4, -0.2) is 69.0 Å². The minimum atomic E-state index is -3.54. The van der Waals surface area contributed by atoms with E-state index in [1.54, 1.807) is 38.3 Å². The Balaban J connectivity index is 2.11. The number of likely N-dealkylation sites (N-methyl/N-ethyl adjacent to an activating group) is 1. The Hall–Kier alpha value is -2.91. The van der Waals surface area contributed by atoms with Crippen molar-refractivity contribution in [1.29, 1.82) is 0 Å². The average Bonchev–Trinajstić information content (AvgIpc) is 2.77. The molecule has 0 saturated heterocycles. The maximum absolute atomic E-state index is 13.0. The highest BCUT2D eigenvalue weighted by atomic mass is 32.2. The molecule has 2 rings (SSSR count). The van der Waals surface area contributed by atoms with E-state index in [1.807, 2.05) is 30.3 Å². The lowest BCUT2D eigenvalue weighted by molar-refractivity contribution is -0.140. The molecule has 174 valence electrons. The van der Waals surface area contributed by atoms with Gasteiger partial charge >= 0.3 is 0 Å². The first-order chi connectivity index (χ1) is 15.1. The van der Waals surface area contributed by atoms with Crippen molar-refractivity contribution in [3.63, 3.8) is 0 Å². The summed E-state index contributed by atoms with van der Waals surface area (Å²) in [6.45, 7) is 1.88. The largest absolute Gasteiger partial charge is 0.497 e. The van der Waals surface area contributed by atoms with Crippen molar-refractivity contribution in [2.45, 2.75) is 25.9 Å².